The van der Waals surface area contributed by atoms with Crippen LogP contribution >= 0.6 is 0 Å². The fraction of sp³-hybridized carbons (Fsp3) is 1.00. The second kappa shape index (κ2) is 5.23. The minimum absolute atomic E-state index is 0.144. The topological polar surface area (TPSA) is 38.7 Å². The highest BCUT2D eigenvalue weighted by atomic mass is 16.7. The van der Waals surface area contributed by atoms with Crippen molar-refractivity contribution < 1.29 is 14.6 Å². The van der Waals surface area contributed by atoms with E-state index in [9.17, 15) is 5.11 Å². The van der Waals surface area contributed by atoms with Crippen LogP contribution in [-0.4, -0.2) is 29.7 Å². The zero-order valence-corrected chi connectivity index (χ0v) is 16.4. The molecule has 3 nitrogen and oxygen atoms in total. The van der Waals surface area contributed by atoms with Gasteiger partial charge in [0.15, 0.2) is 5.79 Å². The summed E-state index contributed by atoms with van der Waals surface area (Å²) in [7, 11) is 0. The number of fused-ring (bicyclic) bond motifs is 5. The van der Waals surface area contributed by atoms with Gasteiger partial charge in [0, 0.05) is 12.8 Å². The van der Waals surface area contributed by atoms with Gasteiger partial charge < -0.3 is 14.6 Å². The van der Waals surface area contributed by atoms with E-state index < -0.39 is 5.60 Å². The molecule has 1 aliphatic heterocycles. The van der Waals surface area contributed by atoms with E-state index in [4.69, 9.17) is 9.47 Å². The summed E-state index contributed by atoms with van der Waals surface area (Å²) < 4.78 is 12.1. The van der Waals surface area contributed by atoms with E-state index in [2.05, 4.69) is 20.8 Å². The Morgan fingerprint density at radius 1 is 0.800 bits per heavy atom. The predicted molar refractivity (Wildman–Crippen MR) is 97.0 cm³/mol. The average Bonchev–Trinajstić information content (AvgIpc) is 3.11. The van der Waals surface area contributed by atoms with E-state index in [0.717, 1.165) is 56.1 Å². The fourth-order valence-corrected chi connectivity index (χ4v) is 8.20. The monoisotopic (exact) mass is 348 g/mol. The molecule has 4 aliphatic carbocycles. The Bertz CT molecular complexity index is 551. The highest BCUT2D eigenvalue weighted by Crippen LogP contribution is 2.69. The molecule has 0 aromatic carbocycles. The Hall–Kier alpha value is -0.120. The molecule has 0 unspecified atom stereocenters. The van der Waals surface area contributed by atoms with E-state index in [1.165, 1.54) is 38.5 Å². The Kier molecular flexibility index (Phi) is 3.56. The lowest BCUT2D eigenvalue weighted by Crippen LogP contribution is -2.57. The van der Waals surface area contributed by atoms with Crippen LogP contribution in [0.3, 0.4) is 0 Å². The van der Waals surface area contributed by atoms with Crippen molar-refractivity contribution >= 4 is 0 Å². The number of aliphatic hydroxyl groups is 1. The highest BCUT2D eigenvalue weighted by molar-refractivity contribution is 5.13. The van der Waals surface area contributed by atoms with Crippen molar-refractivity contribution in [1.29, 1.82) is 0 Å². The summed E-state index contributed by atoms with van der Waals surface area (Å²) in [4.78, 5) is 0. The van der Waals surface area contributed by atoms with Crippen LogP contribution in [0.2, 0.25) is 0 Å². The van der Waals surface area contributed by atoms with Crippen molar-refractivity contribution in [3.05, 3.63) is 0 Å². The standard InChI is InChI=1S/C22H36O3/c1-19-10-11-22(24-12-13-25-22)14-15(19)4-5-16-17(19)6-8-20(2)18(16)7-9-21(20,3)23/h15-18,23H,4-14H2,1-3H3/t15-,16+,17-,18+,19-,20-,21-/m0/s1. The molecule has 0 radical (unpaired) electrons. The van der Waals surface area contributed by atoms with Gasteiger partial charge in [-0.1, -0.05) is 13.8 Å². The van der Waals surface area contributed by atoms with E-state index in [0.29, 0.717) is 5.41 Å². The van der Waals surface area contributed by atoms with E-state index in [1.807, 2.05) is 0 Å². The fourth-order valence-electron chi connectivity index (χ4n) is 8.20. The highest BCUT2D eigenvalue weighted by Gasteiger charge is 2.64. The van der Waals surface area contributed by atoms with Crippen molar-refractivity contribution in [2.24, 2.45) is 34.5 Å². The number of ether oxygens (including phenoxy) is 2. The molecular formula is C22H36O3. The predicted octanol–water partition coefficient (Wildman–Crippen LogP) is 4.52. The zero-order valence-electron chi connectivity index (χ0n) is 16.4. The van der Waals surface area contributed by atoms with E-state index >= 15 is 0 Å². The van der Waals surface area contributed by atoms with Gasteiger partial charge in [-0.25, -0.2) is 0 Å². The second-order valence-electron chi connectivity index (χ2n) is 10.7. The molecule has 7 atom stereocenters. The third-order valence-electron chi connectivity index (χ3n) is 10.0. The van der Waals surface area contributed by atoms with Gasteiger partial charge in [-0.05, 0) is 86.4 Å². The van der Waals surface area contributed by atoms with Crippen LogP contribution in [-0.2, 0) is 9.47 Å². The molecule has 5 rings (SSSR count). The maximum Gasteiger partial charge on any atom is 0.168 e. The van der Waals surface area contributed by atoms with Crippen molar-refractivity contribution in [3.8, 4) is 0 Å². The summed E-state index contributed by atoms with van der Waals surface area (Å²) in [6.07, 6.45) is 10.9. The maximum atomic E-state index is 11.0. The SMILES string of the molecule is C[C@]12CCC3(C[C@@H]1CC[C@H]1[C@H]4CC[C@](C)(O)[C@@]4(C)CC[C@@H]12)OCCO3. The van der Waals surface area contributed by atoms with Gasteiger partial charge in [-0.2, -0.15) is 0 Å². The molecule has 0 aromatic rings. The van der Waals surface area contributed by atoms with Gasteiger partial charge in [0.25, 0.3) is 0 Å². The van der Waals surface area contributed by atoms with Crippen LogP contribution in [0.5, 0.6) is 0 Å². The largest absolute Gasteiger partial charge is 0.390 e. The molecule has 4 saturated carbocycles. The van der Waals surface area contributed by atoms with Gasteiger partial charge in [0.05, 0.1) is 18.8 Å². The molecule has 5 aliphatic rings. The average molecular weight is 349 g/mol. The lowest BCUT2D eigenvalue weighted by atomic mass is 9.44. The Morgan fingerprint density at radius 3 is 2.28 bits per heavy atom. The van der Waals surface area contributed by atoms with Crippen molar-refractivity contribution in [2.75, 3.05) is 13.2 Å². The Balaban J connectivity index is 1.41. The quantitative estimate of drug-likeness (QED) is 0.699. The normalized spacial score (nSPS) is 57.1. The first kappa shape index (κ1) is 17.0. The smallest absolute Gasteiger partial charge is 0.168 e. The van der Waals surface area contributed by atoms with Crippen molar-refractivity contribution in [2.45, 2.75) is 89.9 Å². The molecule has 0 bridgehead atoms. The van der Waals surface area contributed by atoms with Crippen LogP contribution in [0.1, 0.15) is 78.6 Å². The van der Waals surface area contributed by atoms with Crippen LogP contribution in [0.25, 0.3) is 0 Å². The van der Waals surface area contributed by atoms with Crippen LogP contribution < -0.4 is 0 Å². The zero-order chi connectivity index (χ0) is 17.5. The molecule has 3 heteroatoms. The number of rotatable bonds is 0. The van der Waals surface area contributed by atoms with E-state index in [1.54, 1.807) is 0 Å². The molecule has 5 fully saturated rings. The van der Waals surface area contributed by atoms with Gasteiger partial charge in [-0.3, -0.25) is 0 Å². The lowest BCUT2D eigenvalue weighted by Gasteiger charge is -2.62. The first-order chi connectivity index (χ1) is 11.8. The third-order valence-corrected chi connectivity index (χ3v) is 10.0. The number of hydrogen-bond donors (Lipinski definition) is 1. The summed E-state index contributed by atoms with van der Waals surface area (Å²) >= 11 is 0. The first-order valence-electron chi connectivity index (χ1n) is 10.8. The summed E-state index contributed by atoms with van der Waals surface area (Å²) in [5.74, 6) is 2.92. The Labute approximate surface area is 152 Å². The van der Waals surface area contributed by atoms with Crippen LogP contribution in [0.15, 0.2) is 0 Å². The Morgan fingerprint density at radius 2 is 1.52 bits per heavy atom. The molecule has 25 heavy (non-hydrogen) atoms. The van der Waals surface area contributed by atoms with Crippen molar-refractivity contribution in [3.63, 3.8) is 0 Å². The maximum absolute atomic E-state index is 11.0. The van der Waals surface area contributed by atoms with Gasteiger partial charge in [0.1, 0.15) is 0 Å². The molecule has 1 spiro atoms. The van der Waals surface area contributed by atoms with Crippen molar-refractivity contribution in [1.82, 2.24) is 0 Å². The van der Waals surface area contributed by atoms with Gasteiger partial charge >= 0.3 is 0 Å². The molecule has 0 amide bonds. The summed E-state index contributed by atoms with van der Waals surface area (Å²) in [6, 6.07) is 0. The van der Waals surface area contributed by atoms with Gasteiger partial charge in [-0.15, -0.1) is 0 Å². The minimum atomic E-state index is -0.456. The van der Waals surface area contributed by atoms with Gasteiger partial charge in [0.2, 0.25) is 0 Å². The minimum Gasteiger partial charge on any atom is -0.390 e. The van der Waals surface area contributed by atoms with Crippen LogP contribution in [0, 0.1) is 34.5 Å². The summed E-state index contributed by atoms with van der Waals surface area (Å²) in [5.41, 5.74) is 0.146. The molecular weight excluding hydrogens is 312 g/mol. The molecule has 0 aromatic heterocycles. The lowest BCUT2D eigenvalue weighted by molar-refractivity contribution is -0.232. The van der Waals surface area contributed by atoms with Crippen LogP contribution in [0.4, 0.5) is 0 Å². The van der Waals surface area contributed by atoms with E-state index in [-0.39, 0.29) is 11.2 Å². The second-order valence-corrected chi connectivity index (χ2v) is 10.7. The summed E-state index contributed by atoms with van der Waals surface area (Å²) in [5, 5.41) is 11.0. The number of hydrogen-bond acceptors (Lipinski definition) is 3. The summed E-state index contributed by atoms with van der Waals surface area (Å²) in [6.45, 7) is 8.66. The first-order valence-corrected chi connectivity index (χ1v) is 10.8. The molecule has 1 saturated heterocycles. The molecule has 1 heterocycles. The third kappa shape index (κ3) is 2.15. The molecule has 142 valence electrons. The molecule has 1 N–H and O–H groups in total.